The zero-order valence-corrected chi connectivity index (χ0v) is 10.7. The van der Waals surface area contributed by atoms with Crippen molar-refractivity contribution in [2.45, 2.75) is 39.5 Å². The minimum atomic E-state index is -0.0369. The Balaban J connectivity index is 3.30. The first-order valence-electron chi connectivity index (χ1n) is 4.92. The maximum absolute atomic E-state index is 11.1. The number of alkyl halides is 1. The minimum absolute atomic E-state index is 0.0369. The summed E-state index contributed by atoms with van der Waals surface area (Å²) in [6.45, 7) is 4.79. The molecule has 3 heteroatoms. The molecule has 0 N–H and O–H groups in total. The van der Waals surface area contributed by atoms with E-state index in [0.29, 0.717) is 18.9 Å². The lowest BCUT2D eigenvalue weighted by Crippen LogP contribution is -2.12. The number of ether oxygens (including phenoxy) is 1. The molecule has 0 aliphatic rings. The lowest BCUT2D eigenvalue weighted by molar-refractivity contribution is -0.144. The molecule has 1 atom stereocenters. The van der Waals surface area contributed by atoms with Crippen LogP contribution in [0.4, 0.5) is 0 Å². The van der Waals surface area contributed by atoms with Crippen LogP contribution in [0.2, 0.25) is 0 Å². The molecule has 0 aliphatic heterocycles. The summed E-state index contributed by atoms with van der Waals surface area (Å²) in [6.07, 6.45) is 3.82. The summed E-state index contributed by atoms with van der Waals surface area (Å²) < 4.78 is 6.14. The summed E-state index contributed by atoms with van der Waals surface area (Å²) in [5.74, 6) is 0.445. The molecule has 1 unspecified atom stereocenters. The van der Waals surface area contributed by atoms with Gasteiger partial charge in [-0.25, -0.2) is 0 Å². The van der Waals surface area contributed by atoms with E-state index in [4.69, 9.17) is 4.74 Å². The number of halogens is 1. The van der Waals surface area contributed by atoms with Crippen molar-refractivity contribution >= 4 is 28.6 Å². The molecule has 0 aromatic rings. The number of hydrogen-bond donors (Lipinski definition) is 0. The number of esters is 1. The average molecular weight is 298 g/mol. The van der Waals surface area contributed by atoms with Gasteiger partial charge in [0.2, 0.25) is 0 Å². The Kier molecular flexibility index (Phi) is 8.92. The molecule has 0 aromatic carbocycles. The molecule has 2 nitrogen and oxygen atoms in total. The van der Waals surface area contributed by atoms with Crippen molar-refractivity contribution in [3.63, 3.8) is 0 Å². The van der Waals surface area contributed by atoms with Crippen LogP contribution < -0.4 is 0 Å². The number of rotatable bonds is 7. The van der Waals surface area contributed by atoms with Gasteiger partial charge in [-0.05, 0) is 12.3 Å². The molecular formula is C10H19IO2. The van der Waals surface area contributed by atoms with Crippen LogP contribution in [0.1, 0.15) is 39.5 Å². The Hall–Kier alpha value is 0.200. The van der Waals surface area contributed by atoms with Gasteiger partial charge < -0.3 is 4.74 Å². The molecule has 0 radical (unpaired) electrons. The highest BCUT2D eigenvalue weighted by Gasteiger charge is 2.05. The van der Waals surface area contributed by atoms with Gasteiger partial charge in [0.05, 0.1) is 6.61 Å². The first-order chi connectivity index (χ1) is 6.20. The molecule has 0 saturated heterocycles. The number of hydrogen-bond acceptors (Lipinski definition) is 2. The maximum atomic E-state index is 11.1. The molecule has 13 heavy (non-hydrogen) atoms. The smallest absolute Gasteiger partial charge is 0.305 e. The predicted molar refractivity (Wildman–Crippen MR) is 63.2 cm³/mol. The standard InChI is InChI=1S/C10H19IO2/c1-3-4-5-6-10(12)13-8-9(2)7-11/h9H,3-8H2,1-2H3. The van der Waals surface area contributed by atoms with Crippen LogP contribution >= 0.6 is 22.6 Å². The summed E-state index contributed by atoms with van der Waals surface area (Å²) in [5.41, 5.74) is 0. The summed E-state index contributed by atoms with van der Waals surface area (Å²) in [7, 11) is 0. The highest BCUT2D eigenvalue weighted by Crippen LogP contribution is 2.04. The second-order valence-corrected chi connectivity index (χ2v) is 4.28. The quantitative estimate of drug-likeness (QED) is 0.312. The fourth-order valence-corrected chi connectivity index (χ4v) is 1.13. The van der Waals surface area contributed by atoms with Crippen LogP contribution in [0.25, 0.3) is 0 Å². The molecule has 0 aromatic heterocycles. The van der Waals surface area contributed by atoms with E-state index in [9.17, 15) is 4.79 Å². The van der Waals surface area contributed by atoms with E-state index in [1.807, 2.05) is 0 Å². The van der Waals surface area contributed by atoms with Crippen molar-refractivity contribution in [2.24, 2.45) is 5.92 Å². The Labute approximate surface area is 94.6 Å². The Morgan fingerprint density at radius 1 is 1.46 bits per heavy atom. The van der Waals surface area contributed by atoms with Gasteiger partial charge in [0, 0.05) is 10.8 Å². The zero-order valence-electron chi connectivity index (χ0n) is 8.51. The van der Waals surface area contributed by atoms with E-state index in [0.717, 1.165) is 23.7 Å². The Morgan fingerprint density at radius 2 is 2.15 bits per heavy atom. The number of carbonyl (C=O) groups excluding carboxylic acids is 1. The molecule has 0 heterocycles. The fraction of sp³-hybridized carbons (Fsp3) is 0.900. The third kappa shape index (κ3) is 8.53. The first-order valence-corrected chi connectivity index (χ1v) is 6.44. The van der Waals surface area contributed by atoms with Gasteiger partial charge in [0.15, 0.2) is 0 Å². The third-order valence-corrected chi connectivity index (χ3v) is 3.28. The van der Waals surface area contributed by atoms with Crippen molar-refractivity contribution < 1.29 is 9.53 Å². The van der Waals surface area contributed by atoms with Gasteiger partial charge >= 0.3 is 5.97 Å². The molecule has 0 fully saturated rings. The molecule has 78 valence electrons. The number of carbonyl (C=O) groups is 1. The van der Waals surface area contributed by atoms with E-state index < -0.39 is 0 Å². The van der Waals surface area contributed by atoms with Gasteiger partial charge in [-0.15, -0.1) is 0 Å². The van der Waals surface area contributed by atoms with Crippen LogP contribution in [0.3, 0.4) is 0 Å². The van der Waals surface area contributed by atoms with Gasteiger partial charge in [0.1, 0.15) is 0 Å². The van der Waals surface area contributed by atoms with Crippen molar-refractivity contribution in [2.75, 3.05) is 11.0 Å². The largest absolute Gasteiger partial charge is 0.465 e. The molecule has 0 rings (SSSR count). The van der Waals surface area contributed by atoms with Crippen LogP contribution in [0.15, 0.2) is 0 Å². The van der Waals surface area contributed by atoms with Crippen LogP contribution in [-0.4, -0.2) is 17.0 Å². The monoisotopic (exact) mass is 298 g/mol. The predicted octanol–water partition coefficient (Wildman–Crippen LogP) is 3.18. The molecule has 0 spiro atoms. The molecule has 0 bridgehead atoms. The van der Waals surface area contributed by atoms with E-state index in [-0.39, 0.29) is 5.97 Å². The lowest BCUT2D eigenvalue weighted by Gasteiger charge is -2.08. The Morgan fingerprint density at radius 3 is 2.69 bits per heavy atom. The van der Waals surface area contributed by atoms with Crippen molar-refractivity contribution in [1.29, 1.82) is 0 Å². The van der Waals surface area contributed by atoms with Gasteiger partial charge in [-0.3, -0.25) is 4.79 Å². The fourth-order valence-electron chi connectivity index (χ4n) is 0.871. The first kappa shape index (κ1) is 13.2. The molecule has 0 amide bonds. The maximum Gasteiger partial charge on any atom is 0.305 e. The van der Waals surface area contributed by atoms with E-state index in [2.05, 4.69) is 36.4 Å². The second kappa shape index (κ2) is 8.78. The summed E-state index contributed by atoms with van der Waals surface area (Å²) in [6, 6.07) is 0. The highest BCUT2D eigenvalue weighted by molar-refractivity contribution is 14.1. The van der Waals surface area contributed by atoms with E-state index in [1.54, 1.807) is 0 Å². The summed E-state index contributed by atoms with van der Waals surface area (Å²) in [4.78, 5) is 11.1. The topological polar surface area (TPSA) is 26.3 Å². The average Bonchev–Trinajstić information content (AvgIpc) is 2.14. The van der Waals surface area contributed by atoms with Crippen molar-refractivity contribution in [1.82, 2.24) is 0 Å². The van der Waals surface area contributed by atoms with Gasteiger partial charge in [-0.2, -0.15) is 0 Å². The van der Waals surface area contributed by atoms with Crippen molar-refractivity contribution in [3.8, 4) is 0 Å². The van der Waals surface area contributed by atoms with Gasteiger partial charge in [0.25, 0.3) is 0 Å². The second-order valence-electron chi connectivity index (χ2n) is 3.40. The zero-order chi connectivity index (χ0) is 10.1. The van der Waals surface area contributed by atoms with E-state index >= 15 is 0 Å². The number of unbranched alkanes of at least 4 members (excludes halogenated alkanes) is 2. The van der Waals surface area contributed by atoms with Crippen LogP contribution in [0, 0.1) is 5.92 Å². The van der Waals surface area contributed by atoms with Crippen LogP contribution in [0.5, 0.6) is 0 Å². The minimum Gasteiger partial charge on any atom is -0.465 e. The summed E-state index contributed by atoms with van der Waals surface area (Å²) >= 11 is 2.30. The van der Waals surface area contributed by atoms with Crippen LogP contribution in [-0.2, 0) is 9.53 Å². The highest BCUT2D eigenvalue weighted by atomic mass is 127. The van der Waals surface area contributed by atoms with Crippen molar-refractivity contribution in [3.05, 3.63) is 0 Å². The molecular weight excluding hydrogens is 279 g/mol. The van der Waals surface area contributed by atoms with Gasteiger partial charge in [-0.1, -0.05) is 49.3 Å². The SMILES string of the molecule is CCCCCC(=O)OCC(C)CI. The summed E-state index contributed by atoms with van der Waals surface area (Å²) in [5, 5.41) is 0. The normalized spacial score (nSPS) is 12.5. The lowest BCUT2D eigenvalue weighted by atomic mass is 10.2. The molecule has 0 aliphatic carbocycles. The van der Waals surface area contributed by atoms with E-state index in [1.165, 1.54) is 0 Å². The molecule has 0 saturated carbocycles. The third-order valence-electron chi connectivity index (χ3n) is 1.78. The Bertz CT molecular complexity index is 137.